The molecule has 2 heterocycles. The van der Waals surface area contributed by atoms with Crippen LogP contribution < -0.4 is 5.32 Å². The number of nitrogens with zero attached hydrogens (tertiary/aromatic N) is 5. The zero-order valence-corrected chi connectivity index (χ0v) is 14.3. The Hall–Kier alpha value is -2.21. The molecule has 0 aliphatic rings. The highest BCUT2D eigenvalue weighted by atomic mass is 35.5. The van der Waals surface area contributed by atoms with Crippen LogP contribution in [0.25, 0.3) is 11.2 Å². The van der Waals surface area contributed by atoms with E-state index in [1.807, 2.05) is 28.9 Å². The lowest BCUT2D eigenvalue weighted by molar-refractivity contribution is 0.525. The molecule has 0 unspecified atom stereocenters. The number of hydrogen-bond acceptors (Lipinski definition) is 5. The molecule has 1 aromatic carbocycles. The van der Waals surface area contributed by atoms with E-state index in [0.29, 0.717) is 16.4 Å². The Labute approximate surface area is 139 Å². The zero-order valence-electron chi connectivity index (χ0n) is 13.6. The molecule has 0 spiro atoms. The van der Waals surface area contributed by atoms with Gasteiger partial charge in [-0.15, -0.1) is 5.10 Å². The highest BCUT2D eigenvalue weighted by Crippen LogP contribution is 2.26. The van der Waals surface area contributed by atoms with E-state index in [2.05, 4.69) is 53.3 Å². The van der Waals surface area contributed by atoms with Crippen molar-refractivity contribution in [3.8, 4) is 0 Å². The number of fused-ring (bicyclic) bond motifs is 1. The molecule has 3 rings (SSSR count). The third-order valence-electron chi connectivity index (χ3n) is 3.45. The van der Waals surface area contributed by atoms with Crippen LogP contribution in [0.1, 0.15) is 45.5 Å². The van der Waals surface area contributed by atoms with Crippen molar-refractivity contribution >= 4 is 34.3 Å². The van der Waals surface area contributed by atoms with Crippen LogP contribution in [0, 0.1) is 0 Å². The Morgan fingerprint density at radius 3 is 2.35 bits per heavy atom. The average molecular weight is 331 g/mol. The summed E-state index contributed by atoms with van der Waals surface area (Å²) in [6, 6.07) is 7.64. The van der Waals surface area contributed by atoms with E-state index < -0.39 is 0 Å². The van der Waals surface area contributed by atoms with Gasteiger partial charge in [0.25, 0.3) is 0 Å². The summed E-state index contributed by atoms with van der Waals surface area (Å²) in [6.07, 6.45) is 0. The summed E-state index contributed by atoms with van der Waals surface area (Å²) in [5.41, 5.74) is 2.30. The minimum absolute atomic E-state index is 0.179. The number of halogens is 1. The van der Waals surface area contributed by atoms with Gasteiger partial charge in [-0.05, 0) is 38.1 Å². The van der Waals surface area contributed by atoms with Crippen molar-refractivity contribution in [1.29, 1.82) is 0 Å². The van der Waals surface area contributed by atoms with E-state index in [1.54, 1.807) is 0 Å². The molecule has 3 aromatic rings. The fourth-order valence-electron chi connectivity index (χ4n) is 2.21. The van der Waals surface area contributed by atoms with E-state index in [9.17, 15) is 0 Å². The first-order valence-electron chi connectivity index (χ1n) is 7.61. The maximum atomic E-state index is 5.94. The van der Waals surface area contributed by atoms with Gasteiger partial charge >= 0.3 is 0 Å². The Morgan fingerprint density at radius 2 is 1.74 bits per heavy atom. The van der Waals surface area contributed by atoms with Gasteiger partial charge < -0.3 is 5.32 Å². The largest absolute Gasteiger partial charge is 0.338 e. The fraction of sp³-hybridized carbons (Fsp3) is 0.375. The van der Waals surface area contributed by atoms with Gasteiger partial charge in [0.15, 0.2) is 17.0 Å². The first-order valence-corrected chi connectivity index (χ1v) is 7.99. The van der Waals surface area contributed by atoms with E-state index in [1.165, 1.54) is 0 Å². The maximum absolute atomic E-state index is 5.94. The van der Waals surface area contributed by atoms with E-state index in [-0.39, 0.29) is 12.0 Å². The normalized spacial score (nSPS) is 11.6. The second kappa shape index (κ2) is 6.12. The molecule has 0 fully saturated rings. The third kappa shape index (κ3) is 3.12. The van der Waals surface area contributed by atoms with Crippen LogP contribution in [0.15, 0.2) is 24.3 Å². The van der Waals surface area contributed by atoms with Crippen LogP contribution in [0.5, 0.6) is 0 Å². The maximum Gasteiger partial charge on any atom is 0.184 e. The SMILES string of the molecule is CC(C)c1nc(Nc2ccc(Cl)cc2)c2nnn(C(C)C)c2n1. The molecule has 23 heavy (non-hydrogen) atoms. The van der Waals surface area contributed by atoms with Gasteiger partial charge in [-0.1, -0.05) is 30.7 Å². The van der Waals surface area contributed by atoms with Gasteiger partial charge in [0.1, 0.15) is 5.82 Å². The lowest BCUT2D eigenvalue weighted by Crippen LogP contribution is -2.07. The molecule has 0 amide bonds. The van der Waals surface area contributed by atoms with Gasteiger partial charge in [0, 0.05) is 16.6 Å². The molecule has 120 valence electrons. The Bertz CT molecular complexity index is 822. The first-order chi connectivity index (χ1) is 11.0. The number of aromatic nitrogens is 5. The fourth-order valence-corrected chi connectivity index (χ4v) is 2.34. The molecule has 0 radical (unpaired) electrons. The molecule has 0 aliphatic heterocycles. The predicted octanol–water partition coefficient (Wildman–Crippen LogP) is 4.32. The van der Waals surface area contributed by atoms with Crippen LogP contribution in [0.2, 0.25) is 5.02 Å². The number of benzene rings is 1. The molecule has 0 saturated heterocycles. The van der Waals surface area contributed by atoms with Gasteiger partial charge in [0.05, 0.1) is 6.04 Å². The lowest BCUT2D eigenvalue weighted by atomic mass is 10.2. The highest BCUT2D eigenvalue weighted by Gasteiger charge is 2.17. The topological polar surface area (TPSA) is 68.5 Å². The minimum Gasteiger partial charge on any atom is -0.338 e. The van der Waals surface area contributed by atoms with Gasteiger partial charge in [-0.25, -0.2) is 14.6 Å². The number of hydrogen-bond donors (Lipinski definition) is 1. The second-order valence-corrected chi connectivity index (χ2v) is 6.45. The van der Waals surface area contributed by atoms with Crippen LogP contribution in [0.4, 0.5) is 11.5 Å². The van der Waals surface area contributed by atoms with Crippen molar-refractivity contribution in [2.24, 2.45) is 0 Å². The smallest absolute Gasteiger partial charge is 0.184 e. The number of anilines is 2. The Balaban J connectivity index is 2.12. The molecule has 0 atom stereocenters. The van der Waals surface area contributed by atoms with Gasteiger partial charge in [-0.2, -0.15) is 0 Å². The van der Waals surface area contributed by atoms with Crippen LogP contribution >= 0.6 is 11.6 Å². The molecular formula is C16H19ClN6. The summed E-state index contributed by atoms with van der Waals surface area (Å²) in [4.78, 5) is 9.26. The highest BCUT2D eigenvalue weighted by molar-refractivity contribution is 6.30. The zero-order chi connectivity index (χ0) is 16.6. The molecule has 6 nitrogen and oxygen atoms in total. The summed E-state index contributed by atoms with van der Waals surface area (Å²) < 4.78 is 1.82. The molecular weight excluding hydrogens is 312 g/mol. The first kappa shape index (κ1) is 15.7. The van der Waals surface area contributed by atoms with Gasteiger partial charge in [0.2, 0.25) is 0 Å². The monoisotopic (exact) mass is 330 g/mol. The standard InChI is InChI=1S/C16H19ClN6/c1-9(2)14-19-15(18-12-7-5-11(17)6-8-12)13-16(20-14)23(10(3)4)22-21-13/h5-10H,1-4H3,(H,18,19,20). The van der Waals surface area contributed by atoms with E-state index in [0.717, 1.165) is 17.2 Å². The summed E-state index contributed by atoms with van der Waals surface area (Å²) in [7, 11) is 0. The Morgan fingerprint density at radius 1 is 1.04 bits per heavy atom. The summed E-state index contributed by atoms with van der Waals surface area (Å²) in [6.45, 7) is 8.24. The van der Waals surface area contributed by atoms with Crippen molar-refractivity contribution in [2.75, 3.05) is 5.32 Å². The van der Waals surface area contributed by atoms with Crippen molar-refractivity contribution in [1.82, 2.24) is 25.0 Å². The Kier molecular flexibility index (Phi) is 4.17. The molecule has 7 heteroatoms. The summed E-state index contributed by atoms with van der Waals surface area (Å²) >= 11 is 5.94. The molecule has 1 N–H and O–H groups in total. The van der Waals surface area contributed by atoms with Crippen molar-refractivity contribution in [3.63, 3.8) is 0 Å². The van der Waals surface area contributed by atoms with Crippen molar-refractivity contribution in [3.05, 3.63) is 35.1 Å². The molecule has 2 aromatic heterocycles. The lowest BCUT2D eigenvalue weighted by Gasteiger charge is -2.11. The van der Waals surface area contributed by atoms with Crippen molar-refractivity contribution in [2.45, 2.75) is 39.7 Å². The number of rotatable bonds is 4. The third-order valence-corrected chi connectivity index (χ3v) is 3.71. The quantitative estimate of drug-likeness (QED) is 0.771. The van der Waals surface area contributed by atoms with Crippen LogP contribution in [-0.4, -0.2) is 25.0 Å². The summed E-state index contributed by atoms with van der Waals surface area (Å²) in [5.74, 6) is 1.63. The molecule has 0 aliphatic carbocycles. The second-order valence-electron chi connectivity index (χ2n) is 6.02. The van der Waals surface area contributed by atoms with Gasteiger partial charge in [-0.3, -0.25) is 0 Å². The van der Waals surface area contributed by atoms with Crippen LogP contribution in [0.3, 0.4) is 0 Å². The van der Waals surface area contributed by atoms with E-state index >= 15 is 0 Å². The molecule has 0 saturated carbocycles. The summed E-state index contributed by atoms with van der Waals surface area (Å²) in [5, 5.41) is 12.5. The average Bonchev–Trinajstić information content (AvgIpc) is 2.93. The molecule has 0 bridgehead atoms. The van der Waals surface area contributed by atoms with E-state index in [4.69, 9.17) is 11.6 Å². The predicted molar refractivity (Wildman–Crippen MR) is 92.3 cm³/mol. The number of nitrogens with one attached hydrogen (secondary N) is 1. The van der Waals surface area contributed by atoms with Crippen LogP contribution in [-0.2, 0) is 0 Å². The van der Waals surface area contributed by atoms with Crippen molar-refractivity contribution < 1.29 is 0 Å². The minimum atomic E-state index is 0.179.